The van der Waals surface area contributed by atoms with Crippen LogP contribution in [0.25, 0.3) is 0 Å². The molecule has 2 aromatic rings. The second-order valence-electron chi connectivity index (χ2n) is 7.53. The molecule has 2 atom stereocenters. The smallest absolute Gasteiger partial charge is 0.289 e. The molecule has 6 heteroatoms. The van der Waals surface area contributed by atoms with Gasteiger partial charge in [0.1, 0.15) is 5.75 Å². The summed E-state index contributed by atoms with van der Waals surface area (Å²) in [5.41, 5.74) is 1.14. The van der Waals surface area contributed by atoms with Crippen molar-refractivity contribution >= 4 is 11.8 Å². The van der Waals surface area contributed by atoms with Gasteiger partial charge < -0.3 is 19.0 Å². The molecule has 2 aliphatic heterocycles. The molecule has 3 heterocycles. The van der Waals surface area contributed by atoms with E-state index in [0.717, 1.165) is 43.5 Å². The van der Waals surface area contributed by atoms with Crippen LogP contribution in [0.4, 0.5) is 0 Å². The van der Waals surface area contributed by atoms with E-state index in [1.54, 1.807) is 24.1 Å². The van der Waals surface area contributed by atoms with E-state index in [2.05, 4.69) is 0 Å². The van der Waals surface area contributed by atoms with Gasteiger partial charge in [0.25, 0.3) is 5.91 Å². The highest BCUT2D eigenvalue weighted by atomic mass is 16.5. The first-order valence-electron chi connectivity index (χ1n) is 9.94. The zero-order chi connectivity index (χ0) is 19.5. The molecule has 1 aromatic heterocycles. The minimum atomic E-state index is -0.147. The number of likely N-dealkylation sites (tertiary alicyclic amines) is 2. The lowest BCUT2D eigenvalue weighted by Crippen LogP contribution is -2.46. The number of methoxy groups -OCH3 is 1. The highest BCUT2D eigenvalue weighted by Crippen LogP contribution is 2.35. The van der Waals surface area contributed by atoms with Crippen molar-refractivity contribution in [1.29, 1.82) is 0 Å². The number of ether oxygens (including phenoxy) is 1. The van der Waals surface area contributed by atoms with Crippen LogP contribution in [-0.2, 0) is 4.79 Å². The zero-order valence-electron chi connectivity index (χ0n) is 16.2. The first-order valence-corrected chi connectivity index (χ1v) is 9.94. The largest absolute Gasteiger partial charge is 0.497 e. The van der Waals surface area contributed by atoms with Gasteiger partial charge in [0.05, 0.1) is 25.3 Å². The molecular formula is C22H26N2O4. The van der Waals surface area contributed by atoms with E-state index in [1.165, 1.54) is 6.26 Å². The van der Waals surface area contributed by atoms with Gasteiger partial charge in [-0.3, -0.25) is 9.59 Å². The number of furan rings is 1. The first kappa shape index (κ1) is 18.6. The number of carbonyl (C=O) groups excluding carboxylic acids is 2. The maximum atomic E-state index is 13.3. The SMILES string of the molecule is COc1ccc(C2CCCN2C(=O)C2CCCN(C(=O)c3ccco3)C2)cc1. The summed E-state index contributed by atoms with van der Waals surface area (Å²) in [6.07, 6.45) is 5.14. The molecule has 0 aliphatic carbocycles. The Morgan fingerprint density at radius 2 is 1.86 bits per heavy atom. The summed E-state index contributed by atoms with van der Waals surface area (Å²) in [6, 6.07) is 11.5. The Labute approximate surface area is 165 Å². The topological polar surface area (TPSA) is 63.0 Å². The molecule has 4 rings (SSSR count). The number of amides is 2. The fourth-order valence-corrected chi connectivity index (χ4v) is 4.36. The van der Waals surface area contributed by atoms with E-state index >= 15 is 0 Å². The maximum absolute atomic E-state index is 13.3. The number of hydrogen-bond acceptors (Lipinski definition) is 4. The highest BCUT2D eigenvalue weighted by Gasteiger charge is 2.37. The van der Waals surface area contributed by atoms with E-state index in [4.69, 9.17) is 9.15 Å². The third-order valence-electron chi connectivity index (χ3n) is 5.83. The number of nitrogens with zero attached hydrogens (tertiary/aromatic N) is 2. The minimum Gasteiger partial charge on any atom is -0.497 e. The molecule has 2 saturated heterocycles. The molecule has 2 unspecified atom stereocenters. The van der Waals surface area contributed by atoms with Crippen molar-refractivity contribution in [3.63, 3.8) is 0 Å². The molecule has 0 bridgehead atoms. The monoisotopic (exact) mass is 382 g/mol. The average Bonchev–Trinajstić information content (AvgIpc) is 3.45. The molecule has 28 heavy (non-hydrogen) atoms. The standard InChI is InChI=1S/C22H26N2O4/c1-27-18-10-8-16(9-11-18)19-6-3-13-24(19)21(25)17-5-2-12-23(15-17)22(26)20-7-4-14-28-20/h4,7-11,14,17,19H,2-3,5-6,12-13,15H2,1H3. The van der Waals surface area contributed by atoms with Crippen molar-refractivity contribution in [3.05, 3.63) is 54.0 Å². The maximum Gasteiger partial charge on any atom is 0.289 e. The predicted octanol–water partition coefficient (Wildman–Crippen LogP) is 3.50. The summed E-state index contributed by atoms with van der Waals surface area (Å²) in [5, 5.41) is 0. The first-order chi connectivity index (χ1) is 13.7. The molecule has 0 radical (unpaired) electrons. The van der Waals surface area contributed by atoms with Gasteiger partial charge in [-0.2, -0.15) is 0 Å². The molecule has 1 aromatic carbocycles. The van der Waals surface area contributed by atoms with Gasteiger partial charge in [0, 0.05) is 19.6 Å². The van der Waals surface area contributed by atoms with Crippen LogP contribution in [0.1, 0.15) is 47.8 Å². The van der Waals surface area contributed by atoms with Gasteiger partial charge in [0.2, 0.25) is 5.91 Å². The zero-order valence-corrected chi connectivity index (χ0v) is 16.2. The van der Waals surface area contributed by atoms with Crippen LogP contribution < -0.4 is 4.74 Å². The van der Waals surface area contributed by atoms with Crippen LogP contribution in [0.2, 0.25) is 0 Å². The Morgan fingerprint density at radius 3 is 2.57 bits per heavy atom. The van der Waals surface area contributed by atoms with Crippen molar-refractivity contribution in [3.8, 4) is 5.75 Å². The van der Waals surface area contributed by atoms with E-state index in [-0.39, 0.29) is 23.8 Å². The average molecular weight is 382 g/mol. The normalized spacial score (nSPS) is 22.3. The third-order valence-corrected chi connectivity index (χ3v) is 5.83. The molecule has 6 nitrogen and oxygen atoms in total. The third kappa shape index (κ3) is 3.63. The second-order valence-corrected chi connectivity index (χ2v) is 7.53. The Bertz CT molecular complexity index is 816. The Morgan fingerprint density at radius 1 is 1.07 bits per heavy atom. The second kappa shape index (κ2) is 8.09. The lowest BCUT2D eigenvalue weighted by molar-refractivity contribution is -0.138. The molecule has 148 valence electrons. The molecule has 2 fully saturated rings. The van der Waals surface area contributed by atoms with Gasteiger partial charge in [0.15, 0.2) is 5.76 Å². The highest BCUT2D eigenvalue weighted by molar-refractivity contribution is 5.92. The van der Waals surface area contributed by atoms with Gasteiger partial charge >= 0.3 is 0 Å². The molecule has 0 saturated carbocycles. The minimum absolute atomic E-state index is 0.106. The van der Waals surface area contributed by atoms with Gasteiger partial charge in [-0.25, -0.2) is 0 Å². The van der Waals surface area contributed by atoms with Gasteiger partial charge in [-0.15, -0.1) is 0 Å². The fourth-order valence-electron chi connectivity index (χ4n) is 4.36. The Hall–Kier alpha value is -2.76. The molecule has 2 amide bonds. The van der Waals surface area contributed by atoms with Crippen LogP contribution in [0.15, 0.2) is 47.1 Å². The van der Waals surface area contributed by atoms with Crippen LogP contribution in [0.5, 0.6) is 5.75 Å². The molecular weight excluding hydrogens is 356 g/mol. The molecule has 0 spiro atoms. The van der Waals surface area contributed by atoms with Crippen molar-refractivity contribution in [2.24, 2.45) is 5.92 Å². The summed E-state index contributed by atoms with van der Waals surface area (Å²) < 4.78 is 10.5. The number of hydrogen-bond donors (Lipinski definition) is 0. The molecule has 0 N–H and O–H groups in total. The Balaban J connectivity index is 1.45. The molecule has 2 aliphatic rings. The summed E-state index contributed by atoms with van der Waals surface area (Å²) >= 11 is 0. The summed E-state index contributed by atoms with van der Waals surface area (Å²) in [5.74, 6) is 1.04. The summed E-state index contributed by atoms with van der Waals surface area (Å²) in [6.45, 7) is 1.91. The van der Waals surface area contributed by atoms with E-state index < -0.39 is 0 Å². The summed E-state index contributed by atoms with van der Waals surface area (Å²) in [4.78, 5) is 29.7. The van der Waals surface area contributed by atoms with Crippen LogP contribution in [-0.4, -0.2) is 48.4 Å². The lowest BCUT2D eigenvalue weighted by atomic mass is 9.95. The van der Waals surface area contributed by atoms with E-state index in [9.17, 15) is 9.59 Å². The number of piperidine rings is 1. The van der Waals surface area contributed by atoms with Crippen molar-refractivity contribution < 1.29 is 18.7 Å². The Kier molecular flexibility index (Phi) is 5.37. The van der Waals surface area contributed by atoms with Crippen molar-refractivity contribution in [1.82, 2.24) is 9.80 Å². The fraction of sp³-hybridized carbons (Fsp3) is 0.455. The lowest BCUT2D eigenvalue weighted by Gasteiger charge is -2.35. The van der Waals surface area contributed by atoms with E-state index in [1.807, 2.05) is 29.2 Å². The van der Waals surface area contributed by atoms with Crippen molar-refractivity contribution in [2.45, 2.75) is 31.7 Å². The number of benzene rings is 1. The van der Waals surface area contributed by atoms with E-state index in [0.29, 0.717) is 18.8 Å². The summed E-state index contributed by atoms with van der Waals surface area (Å²) in [7, 11) is 1.65. The van der Waals surface area contributed by atoms with Crippen LogP contribution in [0, 0.1) is 5.92 Å². The predicted molar refractivity (Wildman–Crippen MR) is 104 cm³/mol. The van der Waals surface area contributed by atoms with Crippen LogP contribution in [0.3, 0.4) is 0 Å². The van der Waals surface area contributed by atoms with Crippen LogP contribution >= 0.6 is 0 Å². The van der Waals surface area contributed by atoms with Gasteiger partial charge in [-0.05, 0) is 55.5 Å². The number of rotatable bonds is 4. The number of carbonyl (C=O) groups is 2. The van der Waals surface area contributed by atoms with Crippen molar-refractivity contribution in [2.75, 3.05) is 26.7 Å². The van der Waals surface area contributed by atoms with Gasteiger partial charge in [-0.1, -0.05) is 12.1 Å². The quantitative estimate of drug-likeness (QED) is 0.812.